The molecular formula is C25H30N4O2. The highest BCUT2D eigenvalue weighted by Crippen LogP contribution is 2.36. The van der Waals surface area contributed by atoms with E-state index in [4.69, 9.17) is 4.74 Å². The predicted molar refractivity (Wildman–Crippen MR) is 122 cm³/mol. The van der Waals surface area contributed by atoms with E-state index in [1.807, 2.05) is 37.5 Å². The highest BCUT2D eigenvalue weighted by molar-refractivity contribution is 5.99. The van der Waals surface area contributed by atoms with E-state index >= 15 is 0 Å². The molecule has 0 bridgehead atoms. The maximum atomic E-state index is 10.7. The van der Waals surface area contributed by atoms with Crippen LogP contribution in [-0.2, 0) is 0 Å². The third-order valence-corrected chi connectivity index (χ3v) is 6.33. The van der Waals surface area contributed by atoms with Crippen LogP contribution in [0.1, 0.15) is 18.7 Å². The molecule has 31 heavy (non-hydrogen) atoms. The molecule has 1 saturated heterocycles. The molecule has 1 saturated carbocycles. The fraction of sp³-hybridized carbons (Fsp3) is 0.440. The van der Waals surface area contributed by atoms with Crippen LogP contribution in [0.2, 0.25) is 0 Å². The summed E-state index contributed by atoms with van der Waals surface area (Å²) in [6.07, 6.45) is 5.87. The zero-order valence-corrected chi connectivity index (χ0v) is 18.1. The van der Waals surface area contributed by atoms with Gasteiger partial charge in [-0.2, -0.15) is 0 Å². The lowest BCUT2D eigenvalue weighted by Crippen LogP contribution is -2.49. The second kappa shape index (κ2) is 8.91. The van der Waals surface area contributed by atoms with Gasteiger partial charge in [-0.1, -0.05) is 30.3 Å². The van der Waals surface area contributed by atoms with E-state index in [0.717, 1.165) is 65.7 Å². The molecule has 2 aromatic carbocycles. The Morgan fingerprint density at radius 1 is 1.03 bits per heavy atom. The normalized spacial score (nSPS) is 18.9. The van der Waals surface area contributed by atoms with Crippen LogP contribution in [0.5, 0.6) is 5.75 Å². The molecular weight excluding hydrogens is 388 g/mol. The lowest BCUT2D eigenvalue weighted by atomic mass is 9.99. The molecule has 6 nitrogen and oxygen atoms in total. The summed E-state index contributed by atoms with van der Waals surface area (Å²) in [6.45, 7) is 7.06. The van der Waals surface area contributed by atoms with Crippen LogP contribution in [-0.4, -0.2) is 76.4 Å². The van der Waals surface area contributed by atoms with Crippen LogP contribution in [0, 0.1) is 6.92 Å². The molecule has 2 aliphatic rings. The Bertz CT molecular complexity index is 1030. The Kier molecular flexibility index (Phi) is 5.85. The van der Waals surface area contributed by atoms with Crippen LogP contribution < -0.4 is 4.74 Å². The van der Waals surface area contributed by atoms with Gasteiger partial charge in [-0.3, -0.25) is 9.80 Å². The Labute approximate surface area is 183 Å². The van der Waals surface area contributed by atoms with E-state index in [0.29, 0.717) is 6.54 Å². The summed E-state index contributed by atoms with van der Waals surface area (Å²) in [5.74, 6) is 1.49. The summed E-state index contributed by atoms with van der Waals surface area (Å²) in [5, 5.41) is 12.9. The summed E-state index contributed by atoms with van der Waals surface area (Å²) in [7, 11) is 0. The third kappa shape index (κ3) is 4.71. The number of piperazine rings is 1. The van der Waals surface area contributed by atoms with Crippen molar-refractivity contribution in [2.75, 3.05) is 39.3 Å². The average Bonchev–Trinajstić information content (AvgIpc) is 3.64. The van der Waals surface area contributed by atoms with Crippen molar-refractivity contribution in [2.24, 2.45) is 0 Å². The molecule has 2 heterocycles. The lowest BCUT2D eigenvalue weighted by Gasteiger charge is -2.35. The first-order valence-electron chi connectivity index (χ1n) is 11.3. The number of aliphatic hydroxyl groups excluding tert-OH is 1. The monoisotopic (exact) mass is 418 g/mol. The molecule has 2 fully saturated rings. The Hall–Kier alpha value is -2.54. The van der Waals surface area contributed by atoms with Gasteiger partial charge < -0.3 is 9.84 Å². The van der Waals surface area contributed by atoms with E-state index in [1.165, 1.54) is 12.8 Å². The molecule has 6 heteroatoms. The second-order valence-electron chi connectivity index (χ2n) is 8.71. The fourth-order valence-corrected chi connectivity index (χ4v) is 4.48. The van der Waals surface area contributed by atoms with E-state index in [2.05, 4.69) is 38.0 Å². The summed E-state index contributed by atoms with van der Waals surface area (Å²) in [4.78, 5) is 13.7. The summed E-state index contributed by atoms with van der Waals surface area (Å²) < 4.78 is 6.16. The molecule has 162 valence electrons. The van der Waals surface area contributed by atoms with Gasteiger partial charge in [0.05, 0.1) is 0 Å². The zero-order chi connectivity index (χ0) is 21.2. The van der Waals surface area contributed by atoms with Crippen molar-refractivity contribution in [1.29, 1.82) is 0 Å². The van der Waals surface area contributed by atoms with Gasteiger partial charge in [-0.05, 0) is 36.6 Å². The van der Waals surface area contributed by atoms with Gasteiger partial charge in [-0.15, -0.1) is 0 Å². The van der Waals surface area contributed by atoms with Crippen LogP contribution in [0.15, 0.2) is 48.8 Å². The van der Waals surface area contributed by atoms with Crippen molar-refractivity contribution >= 4 is 10.8 Å². The number of ether oxygens (including phenoxy) is 1. The smallest absolute Gasteiger partial charge is 0.128 e. The molecule has 0 radical (unpaired) electrons. The standard InChI is InChI=1S/C25H30N4O2/c1-18-26-14-20(15-27-18)25-23-5-3-2-4-19(23)6-9-24(25)31-17-22(30)16-28-10-12-29(13-11-28)21-7-8-21/h2-6,9,14-15,21-22,30H,7-8,10-13,16-17H2,1H3. The molecule has 1 atom stereocenters. The zero-order valence-electron chi connectivity index (χ0n) is 18.1. The highest BCUT2D eigenvalue weighted by Gasteiger charge is 2.31. The van der Waals surface area contributed by atoms with E-state index < -0.39 is 6.10 Å². The molecule has 1 unspecified atom stereocenters. The number of benzene rings is 2. The first-order valence-corrected chi connectivity index (χ1v) is 11.3. The molecule has 5 rings (SSSR count). The number of aliphatic hydroxyl groups is 1. The Morgan fingerprint density at radius 3 is 2.52 bits per heavy atom. The molecule has 1 aliphatic heterocycles. The van der Waals surface area contributed by atoms with Crippen molar-refractivity contribution in [3.8, 4) is 16.9 Å². The van der Waals surface area contributed by atoms with Gasteiger partial charge in [0, 0.05) is 62.3 Å². The molecule has 1 N–H and O–H groups in total. The number of aryl methyl sites for hydroxylation is 1. The van der Waals surface area contributed by atoms with Gasteiger partial charge in [0.2, 0.25) is 0 Å². The van der Waals surface area contributed by atoms with Gasteiger partial charge in [0.15, 0.2) is 0 Å². The fourth-order valence-electron chi connectivity index (χ4n) is 4.48. The van der Waals surface area contributed by atoms with Crippen LogP contribution in [0.25, 0.3) is 21.9 Å². The number of nitrogens with zero attached hydrogens (tertiary/aromatic N) is 4. The Balaban J connectivity index is 1.28. The molecule has 1 aromatic heterocycles. The van der Waals surface area contributed by atoms with Crippen molar-refractivity contribution in [3.05, 3.63) is 54.6 Å². The molecule has 0 amide bonds. The van der Waals surface area contributed by atoms with Gasteiger partial charge in [0.25, 0.3) is 0 Å². The maximum absolute atomic E-state index is 10.7. The molecule has 3 aromatic rings. The largest absolute Gasteiger partial charge is 0.490 e. The van der Waals surface area contributed by atoms with Gasteiger partial charge >= 0.3 is 0 Å². The molecule has 1 aliphatic carbocycles. The topological polar surface area (TPSA) is 61.7 Å². The first-order chi connectivity index (χ1) is 15.2. The first kappa shape index (κ1) is 20.4. The number of rotatable bonds is 7. The minimum Gasteiger partial charge on any atom is -0.490 e. The van der Waals surface area contributed by atoms with Crippen molar-refractivity contribution in [3.63, 3.8) is 0 Å². The van der Waals surface area contributed by atoms with E-state index in [9.17, 15) is 5.11 Å². The van der Waals surface area contributed by atoms with Crippen molar-refractivity contribution < 1.29 is 9.84 Å². The van der Waals surface area contributed by atoms with Crippen molar-refractivity contribution in [2.45, 2.75) is 31.9 Å². The minimum atomic E-state index is -0.527. The lowest BCUT2D eigenvalue weighted by molar-refractivity contribution is 0.0447. The second-order valence-corrected chi connectivity index (χ2v) is 8.71. The predicted octanol–water partition coefficient (Wildman–Crippen LogP) is 3.12. The van der Waals surface area contributed by atoms with Crippen molar-refractivity contribution in [1.82, 2.24) is 19.8 Å². The average molecular weight is 419 g/mol. The van der Waals surface area contributed by atoms with E-state index in [-0.39, 0.29) is 6.61 Å². The summed E-state index contributed by atoms with van der Waals surface area (Å²) in [5.41, 5.74) is 1.89. The van der Waals surface area contributed by atoms with Crippen LogP contribution >= 0.6 is 0 Å². The number of hydrogen-bond donors (Lipinski definition) is 1. The summed E-state index contributed by atoms with van der Waals surface area (Å²) >= 11 is 0. The summed E-state index contributed by atoms with van der Waals surface area (Å²) in [6, 6.07) is 13.1. The third-order valence-electron chi connectivity index (χ3n) is 6.33. The minimum absolute atomic E-state index is 0.265. The van der Waals surface area contributed by atoms with Crippen LogP contribution in [0.3, 0.4) is 0 Å². The molecule has 0 spiro atoms. The Morgan fingerprint density at radius 2 is 1.77 bits per heavy atom. The van der Waals surface area contributed by atoms with E-state index in [1.54, 1.807) is 0 Å². The number of fused-ring (bicyclic) bond motifs is 1. The maximum Gasteiger partial charge on any atom is 0.128 e. The van der Waals surface area contributed by atoms with Crippen LogP contribution in [0.4, 0.5) is 0 Å². The quantitative estimate of drug-likeness (QED) is 0.636. The van der Waals surface area contributed by atoms with Gasteiger partial charge in [0.1, 0.15) is 24.3 Å². The number of aromatic nitrogens is 2. The number of β-amino-alcohol motifs (C(OH)–C–C–N with tert-alkyl or cyclic N) is 1. The van der Waals surface area contributed by atoms with Gasteiger partial charge in [-0.25, -0.2) is 9.97 Å². The highest BCUT2D eigenvalue weighted by atomic mass is 16.5. The SMILES string of the molecule is Cc1ncc(-c2c(OCC(O)CN3CCN(C4CC4)CC3)ccc3ccccc23)cn1. The number of hydrogen-bond acceptors (Lipinski definition) is 6.